The van der Waals surface area contributed by atoms with E-state index in [0.29, 0.717) is 25.0 Å². The first-order chi connectivity index (χ1) is 16.0. The van der Waals surface area contributed by atoms with Crippen LogP contribution in [0, 0.1) is 45.3 Å². The van der Waals surface area contributed by atoms with Gasteiger partial charge in [0, 0.05) is 35.2 Å². The molecule has 0 aromatic rings. The first-order valence-corrected chi connectivity index (χ1v) is 13.6. The molecule has 0 saturated heterocycles. The van der Waals surface area contributed by atoms with Crippen LogP contribution in [0.3, 0.4) is 0 Å². The molecular formula is C30H44O5. The third-order valence-corrected chi connectivity index (χ3v) is 11.9. The number of fused-ring (bicyclic) bond motifs is 5. The quantitative estimate of drug-likeness (QED) is 0.539. The van der Waals surface area contributed by atoms with Gasteiger partial charge in [0.2, 0.25) is 5.78 Å². The lowest BCUT2D eigenvalue weighted by Gasteiger charge is -2.64. The number of rotatable bonds is 2. The van der Waals surface area contributed by atoms with Gasteiger partial charge in [0.1, 0.15) is 11.5 Å². The predicted molar refractivity (Wildman–Crippen MR) is 134 cm³/mol. The molecule has 0 bridgehead atoms. The molecule has 0 amide bonds. The second-order valence-corrected chi connectivity index (χ2v) is 14.1. The summed E-state index contributed by atoms with van der Waals surface area (Å²) in [6, 6.07) is 0. The topological polar surface area (TPSA) is 83.8 Å². The number of aliphatic hydroxyl groups excluding tert-OH is 2. The summed E-state index contributed by atoms with van der Waals surface area (Å²) in [4.78, 5) is 27.7. The first kappa shape index (κ1) is 25.2. The van der Waals surface area contributed by atoms with Crippen molar-refractivity contribution in [2.24, 2.45) is 45.3 Å². The molecule has 4 aliphatic carbocycles. The van der Waals surface area contributed by atoms with Crippen LogP contribution in [0.1, 0.15) is 87.5 Å². The van der Waals surface area contributed by atoms with Crippen molar-refractivity contribution in [3.05, 3.63) is 23.5 Å². The highest BCUT2D eigenvalue weighted by atomic mass is 16.5. The van der Waals surface area contributed by atoms with Crippen molar-refractivity contribution < 1.29 is 24.5 Å². The zero-order valence-corrected chi connectivity index (χ0v) is 22.8. The molecule has 0 radical (unpaired) electrons. The lowest BCUT2D eigenvalue weighted by Crippen LogP contribution is -2.64. The molecule has 5 aliphatic rings. The van der Waals surface area contributed by atoms with E-state index in [4.69, 9.17) is 4.74 Å². The Morgan fingerprint density at radius 3 is 2.26 bits per heavy atom. The van der Waals surface area contributed by atoms with Gasteiger partial charge in [0.25, 0.3) is 0 Å². The maximum atomic E-state index is 14.3. The Morgan fingerprint density at radius 2 is 1.66 bits per heavy atom. The molecule has 0 spiro atoms. The number of aliphatic hydroxyl groups is 2. The van der Waals surface area contributed by atoms with Gasteiger partial charge in [-0.15, -0.1) is 0 Å². The van der Waals surface area contributed by atoms with E-state index in [0.717, 1.165) is 12.8 Å². The first-order valence-electron chi connectivity index (χ1n) is 13.6. The number of carbonyl (C=O) groups excluding carboxylic acids is 2. The van der Waals surface area contributed by atoms with Gasteiger partial charge < -0.3 is 14.9 Å². The molecule has 9 atom stereocenters. The minimum atomic E-state index is -1.16. The normalized spacial score (nSPS) is 50.8. The van der Waals surface area contributed by atoms with Crippen LogP contribution in [0.5, 0.6) is 0 Å². The molecule has 5 heteroatoms. The Balaban J connectivity index is 1.59. The molecule has 0 aromatic carbocycles. The van der Waals surface area contributed by atoms with E-state index in [1.54, 1.807) is 6.08 Å². The van der Waals surface area contributed by atoms with Gasteiger partial charge in [-0.25, -0.2) is 0 Å². The average molecular weight is 485 g/mol. The molecule has 3 saturated carbocycles. The van der Waals surface area contributed by atoms with Crippen molar-refractivity contribution >= 4 is 11.6 Å². The largest absolute Gasteiger partial charge is 0.483 e. The monoisotopic (exact) mass is 484 g/mol. The van der Waals surface area contributed by atoms with Crippen LogP contribution in [0.25, 0.3) is 0 Å². The fourth-order valence-corrected chi connectivity index (χ4v) is 9.57. The van der Waals surface area contributed by atoms with E-state index >= 15 is 0 Å². The second-order valence-electron chi connectivity index (χ2n) is 14.1. The van der Waals surface area contributed by atoms with Crippen LogP contribution in [0.15, 0.2) is 23.5 Å². The highest BCUT2D eigenvalue weighted by molar-refractivity contribution is 6.00. The summed E-state index contributed by atoms with van der Waals surface area (Å²) >= 11 is 0. The van der Waals surface area contributed by atoms with Crippen molar-refractivity contribution in [2.45, 2.75) is 105 Å². The molecule has 0 aromatic heterocycles. The van der Waals surface area contributed by atoms with E-state index in [9.17, 15) is 19.8 Å². The molecule has 2 N–H and O–H groups in total. The molecule has 1 heterocycles. The Hall–Kier alpha value is -1.46. The van der Waals surface area contributed by atoms with Crippen LogP contribution in [0.4, 0.5) is 0 Å². The number of Topliss-reactive ketones (excluding diaryl/α,β-unsaturated/α-hetero) is 1. The number of ether oxygens (including phenoxy) is 1. The molecule has 5 nitrogen and oxygen atoms in total. The second kappa shape index (κ2) is 7.31. The zero-order chi connectivity index (χ0) is 25.9. The summed E-state index contributed by atoms with van der Waals surface area (Å²) in [5.74, 6) is 0.630. The van der Waals surface area contributed by atoms with Gasteiger partial charge in [-0.05, 0) is 55.3 Å². The Kier molecular flexibility index (Phi) is 5.26. The van der Waals surface area contributed by atoms with Gasteiger partial charge in [-0.2, -0.15) is 0 Å². The van der Waals surface area contributed by atoms with E-state index in [1.807, 2.05) is 20.8 Å². The van der Waals surface area contributed by atoms with Gasteiger partial charge >= 0.3 is 0 Å². The van der Waals surface area contributed by atoms with E-state index in [1.165, 1.54) is 5.57 Å². The summed E-state index contributed by atoms with van der Waals surface area (Å²) in [5, 5.41) is 22.4. The SMILES string of the molecule is CC(C)C1=CC(=O)[C@@](C)([C@@H]2[C@H](O)C[C@@]3(C)[C@H]4CC=C5[C@H](CC[C@H](O)C5(C)C)[C@]4(C)C(=O)C[C@]23C)O1. The highest BCUT2D eigenvalue weighted by Gasteiger charge is 2.75. The van der Waals surface area contributed by atoms with Crippen LogP contribution in [-0.2, 0) is 14.3 Å². The van der Waals surface area contributed by atoms with Crippen LogP contribution in [0.2, 0.25) is 0 Å². The van der Waals surface area contributed by atoms with Crippen molar-refractivity contribution in [1.82, 2.24) is 0 Å². The smallest absolute Gasteiger partial charge is 0.202 e. The maximum absolute atomic E-state index is 14.3. The van der Waals surface area contributed by atoms with Gasteiger partial charge in [-0.1, -0.05) is 60.1 Å². The van der Waals surface area contributed by atoms with E-state index in [2.05, 4.69) is 40.7 Å². The highest BCUT2D eigenvalue weighted by Crippen LogP contribution is 2.74. The van der Waals surface area contributed by atoms with Crippen molar-refractivity contribution in [2.75, 3.05) is 0 Å². The number of allylic oxidation sites excluding steroid dienone is 2. The third-order valence-electron chi connectivity index (χ3n) is 11.9. The average Bonchev–Trinajstić information content (AvgIpc) is 3.15. The molecule has 35 heavy (non-hydrogen) atoms. The number of carbonyl (C=O) groups is 2. The molecular weight excluding hydrogens is 440 g/mol. The zero-order valence-electron chi connectivity index (χ0n) is 22.8. The van der Waals surface area contributed by atoms with Gasteiger partial charge in [-0.3, -0.25) is 9.59 Å². The van der Waals surface area contributed by atoms with Gasteiger partial charge in [0.05, 0.1) is 12.2 Å². The predicted octanol–water partition coefficient (Wildman–Crippen LogP) is 5.00. The third kappa shape index (κ3) is 2.89. The number of hydrogen-bond acceptors (Lipinski definition) is 5. The van der Waals surface area contributed by atoms with Crippen LogP contribution in [-0.4, -0.2) is 39.6 Å². The number of ketones is 2. The van der Waals surface area contributed by atoms with E-state index < -0.39 is 34.6 Å². The standard InChI is InChI=1S/C30H44O5/c1-16(2)20-13-23(33)30(8,35-20)25-19(31)14-27(5)21-11-9-17-18(10-12-22(32)26(17,3)4)29(21,7)24(34)15-28(25,27)6/h9,13,16,18-19,21-22,25,31-32H,10-12,14-15H2,1-8H3/t18-,19+,21+,22-,25+,27-,28+,29-,30-/m0/s1. The summed E-state index contributed by atoms with van der Waals surface area (Å²) in [5.41, 5.74) is -1.69. The summed E-state index contributed by atoms with van der Waals surface area (Å²) < 4.78 is 6.36. The summed E-state index contributed by atoms with van der Waals surface area (Å²) in [6.45, 7) is 16.6. The minimum Gasteiger partial charge on any atom is -0.483 e. The Labute approximate surface area is 210 Å². The minimum absolute atomic E-state index is 0.0679. The lowest BCUT2D eigenvalue weighted by atomic mass is 9.38. The van der Waals surface area contributed by atoms with E-state index in [-0.39, 0.29) is 40.2 Å². The fraction of sp³-hybridized carbons (Fsp3) is 0.800. The molecule has 194 valence electrons. The Morgan fingerprint density at radius 1 is 1.00 bits per heavy atom. The van der Waals surface area contributed by atoms with Crippen molar-refractivity contribution in [1.29, 1.82) is 0 Å². The molecule has 3 fully saturated rings. The van der Waals surface area contributed by atoms with Crippen LogP contribution >= 0.6 is 0 Å². The summed E-state index contributed by atoms with van der Waals surface area (Å²) in [6.07, 6.45) is 5.98. The van der Waals surface area contributed by atoms with Crippen molar-refractivity contribution in [3.8, 4) is 0 Å². The maximum Gasteiger partial charge on any atom is 0.202 e. The van der Waals surface area contributed by atoms with Crippen molar-refractivity contribution in [3.63, 3.8) is 0 Å². The Bertz CT molecular complexity index is 1040. The lowest BCUT2D eigenvalue weighted by molar-refractivity contribution is -0.183. The fourth-order valence-electron chi connectivity index (χ4n) is 9.57. The number of hydrogen-bond donors (Lipinski definition) is 2. The molecule has 1 aliphatic heterocycles. The van der Waals surface area contributed by atoms with Gasteiger partial charge in [0.15, 0.2) is 5.60 Å². The molecule has 0 unspecified atom stereocenters. The molecule has 5 rings (SSSR count). The summed E-state index contributed by atoms with van der Waals surface area (Å²) in [7, 11) is 0. The van der Waals surface area contributed by atoms with Crippen LogP contribution < -0.4 is 0 Å².